The number of carbonyl (C=O) groups is 2. The highest BCUT2D eigenvalue weighted by Gasteiger charge is 2.13. The van der Waals surface area contributed by atoms with E-state index in [1.54, 1.807) is 12.1 Å². The molecule has 0 atom stereocenters. The fourth-order valence-electron chi connectivity index (χ4n) is 1.10. The summed E-state index contributed by atoms with van der Waals surface area (Å²) in [6, 6.07) is 7.30. The van der Waals surface area contributed by atoms with Crippen molar-refractivity contribution in [3.8, 4) is 0 Å². The number of hydrogen-bond donors (Lipinski definition) is 1. The largest absolute Gasteiger partial charge is 0.475 e. The molecule has 1 N–H and O–H groups in total. The first-order chi connectivity index (χ1) is 6.65. The summed E-state index contributed by atoms with van der Waals surface area (Å²) < 4.78 is 0. The van der Waals surface area contributed by atoms with Gasteiger partial charge in [0, 0.05) is 11.3 Å². The van der Waals surface area contributed by atoms with E-state index in [0.29, 0.717) is 0 Å². The molecule has 3 nitrogen and oxygen atoms in total. The Bertz CT molecular complexity index is 360. The third-order valence-electron chi connectivity index (χ3n) is 1.78. The van der Waals surface area contributed by atoms with Crippen molar-refractivity contribution >= 4 is 23.5 Å². The predicted octanol–water partition coefficient (Wildman–Crippen LogP) is 1.60. The molecule has 14 heavy (non-hydrogen) atoms. The topological polar surface area (TPSA) is 54.4 Å². The van der Waals surface area contributed by atoms with Gasteiger partial charge in [0.1, 0.15) is 0 Å². The van der Waals surface area contributed by atoms with Crippen LogP contribution in [0.25, 0.3) is 0 Å². The molecule has 0 radical (unpaired) electrons. The lowest BCUT2D eigenvalue weighted by Gasteiger charge is -2.03. The summed E-state index contributed by atoms with van der Waals surface area (Å²) in [5.74, 6) is -2.15. The lowest BCUT2D eigenvalue weighted by atomic mass is 10.1. The van der Waals surface area contributed by atoms with E-state index in [2.05, 4.69) is 0 Å². The Hall–Kier alpha value is -1.29. The summed E-state index contributed by atoms with van der Waals surface area (Å²) >= 11 is 1.50. The van der Waals surface area contributed by atoms with Crippen LogP contribution in [-0.2, 0) is 16.0 Å². The van der Waals surface area contributed by atoms with E-state index >= 15 is 0 Å². The molecule has 4 heteroatoms. The van der Waals surface area contributed by atoms with Gasteiger partial charge in [-0.25, -0.2) is 4.79 Å². The first-order valence-electron chi connectivity index (χ1n) is 4.03. The summed E-state index contributed by atoms with van der Waals surface area (Å²) in [6.07, 6.45) is 1.86. The minimum absolute atomic E-state index is 0.0354. The van der Waals surface area contributed by atoms with Gasteiger partial charge in [-0.3, -0.25) is 4.79 Å². The van der Waals surface area contributed by atoms with Crippen molar-refractivity contribution in [1.82, 2.24) is 0 Å². The lowest BCUT2D eigenvalue weighted by Crippen LogP contribution is -2.15. The van der Waals surface area contributed by atoms with Gasteiger partial charge in [0.2, 0.25) is 5.78 Å². The van der Waals surface area contributed by atoms with Crippen molar-refractivity contribution < 1.29 is 14.7 Å². The van der Waals surface area contributed by atoms with Crippen LogP contribution in [0.5, 0.6) is 0 Å². The van der Waals surface area contributed by atoms with Crippen LogP contribution in [0.15, 0.2) is 29.2 Å². The number of aliphatic carboxylic acids is 1. The van der Waals surface area contributed by atoms with Crippen molar-refractivity contribution in [2.24, 2.45) is 0 Å². The number of Topliss-reactive ketones (excluding diaryl/α,β-unsaturated/α-hetero) is 1. The SMILES string of the molecule is CSc1ccccc1CC(=O)C(=O)O. The Kier molecular flexibility index (Phi) is 3.71. The molecule has 0 aliphatic rings. The Labute approximate surface area is 86.1 Å². The van der Waals surface area contributed by atoms with Crippen LogP contribution in [-0.4, -0.2) is 23.1 Å². The number of carboxylic acid groups (broad SMARTS) is 1. The zero-order chi connectivity index (χ0) is 10.6. The second kappa shape index (κ2) is 4.81. The molecule has 0 bridgehead atoms. The maximum Gasteiger partial charge on any atom is 0.372 e. The van der Waals surface area contributed by atoms with Gasteiger partial charge >= 0.3 is 5.97 Å². The van der Waals surface area contributed by atoms with Gasteiger partial charge in [0.25, 0.3) is 0 Å². The van der Waals surface area contributed by atoms with Crippen LogP contribution in [0.3, 0.4) is 0 Å². The Morgan fingerprint density at radius 2 is 2.00 bits per heavy atom. The molecule has 1 rings (SSSR count). The summed E-state index contributed by atoms with van der Waals surface area (Å²) in [7, 11) is 0. The van der Waals surface area contributed by atoms with Crippen molar-refractivity contribution in [3.05, 3.63) is 29.8 Å². The van der Waals surface area contributed by atoms with Crippen LogP contribution >= 0.6 is 11.8 Å². The summed E-state index contributed by atoms with van der Waals surface area (Å²) in [5, 5.41) is 8.45. The number of rotatable bonds is 4. The lowest BCUT2D eigenvalue weighted by molar-refractivity contribution is -0.148. The first kappa shape index (κ1) is 10.8. The van der Waals surface area contributed by atoms with E-state index in [4.69, 9.17) is 5.11 Å². The van der Waals surface area contributed by atoms with E-state index < -0.39 is 11.8 Å². The van der Waals surface area contributed by atoms with Crippen molar-refractivity contribution in [2.75, 3.05) is 6.26 Å². The molecule has 1 aromatic carbocycles. The first-order valence-corrected chi connectivity index (χ1v) is 5.25. The molecular formula is C10H10O3S. The van der Waals surface area contributed by atoms with Crippen LogP contribution < -0.4 is 0 Å². The van der Waals surface area contributed by atoms with E-state index in [-0.39, 0.29) is 6.42 Å². The van der Waals surface area contributed by atoms with Gasteiger partial charge in [-0.05, 0) is 17.9 Å². The van der Waals surface area contributed by atoms with Crippen LogP contribution in [0.2, 0.25) is 0 Å². The smallest absolute Gasteiger partial charge is 0.372 e. The van der Waals surface area contributed by atoms with Crippen molar-refractivity contribution in [1.29, 1.82) is 0 Å². The fourth-order valence-corrected chi connectivity index (χ4v) is 1.71. The number of thioether (sulfide) groups is 1. The Morgan fingerprint density at radius 3 is 2.57 bits per heavy atom. The van der Waals surface area contributed by atoms with Crippen LogP contribution in [0.1, 0.15) is 5.56 Å². The number of carbonyl (C=O) groups excluding carboxylic acids is 1. The molecule has 0 aromatic heterocycles. The third kappa shape index (κ3) is 2.60. The van der Waals surface area contributed by atoms with E-state index in [0.717, 1.165) is 10.5 Å². The van der Waals surface area contributed by atoms with E-state index in [9.17, 15) is 9.59 Å². The number of ketones is 1. The van der Waals surface area contributed by atoms with Crippen molar-refractivity contribution in [3.63, 3.8) is 0 Å². The van der Waals surface area contributed by atoms with Gasteiger partial charge < -0.3 is 5.11 Å². The highest BCUT2D eigenvalue weighted by atomic mass is 32.2. The molecule has 1 aromatic rings. The minimum Gasteiger partial charge on any atom is -0.475 e. The summed E-state index contributed by atoms with van der Waals surface area (Å²) in [5.41, 5.74) is 0.771. The molecule has 0 heterocycles. The molecule has 0 unspecified atom stereocenters. The second-order valence-electron chi connectivity index (χ2n) is 2.72. The fraction of sp³-hybridized carbons (Fsp3) is 0.200. The molecule has 0 aliphatic carbocycles. The molecule has 0 spiro atoms. The van der Waals surface area contributed by atoms with Gasteiger partial charge in [-0.15, -0.1) is 11.8 Å². The number of carboxylic acids is 1. The average molecular weight is 210 g/mol. The Balaban J connectivity index is 2.85. The van der Waals surface area contributed by atoms with Crippen LogP contribution in [0, 0.1) is 0 Å². The monoisotopic (exact) mass is 210 g/mol. The van der Waals surface area contributed by atoms with Crippen LogP contribution in [0.4, 0.5) is 0 Å². The van der Waals surface area contributed by atoms with E-state index in [1.165, 1.54) is 11.8 Å². The highest BCUT2D eigenvalue weighted by molar-refractivity contribution is 7.98. The number of hydrogen-bond acceptors (Lipinski definition) is 3. The third-order valence-corrected chi connectivity index (χ3v) is 2.62. The molecule has 0 saturated carbocycles. The zero-order valence-corrected chi connectivity index (χ0v) is 8.50. The maximum absolute atomic E-state index is 11.0. The van der Waals surface area contributed by atoms with Gasteiger partial charge in [0.15, 0.2) is 0 Å². The normalized spacial score (nSPS) is 9.79. The molecule has 74 valence electrons. The van der Waals surface area contributed by atoms with Gasteiger partial charge in [-0.1, -0.05) is 18.2 Å². The molecular weight excluding hydrogens is 200 g/mol. The molecule has 0 aliphatic heterocycles. The quantitative estimate of drug-likeness (QED) is 0.606. The number of benzene rings is 1. The predicted molar refractivity (Wildman–Crippen MR) is 54.6 cm³/mol. The standard InChI is InChI=1S/C10H10O3S/c1-14-9-5-3-2-4-7(9)6-8(11)10(12)13/h2-5H,6H2,1H3,(H,12,13). The second-order valence-corrected chi connectivity index (χ2v) is 3.57. The highest BCUT2D eigenvalue weighted by Crippen LogP contribution is 2.20. The molecule has 0 fully saturated rings. The minimum atomic E-state index is -1.37. The van der Waals surface area contributed by atoms with Gasteiger partial charge in [-0.2, -0.15) is 0 Å². The van der Waals surface area contributed by atoms with Crippen molar-refractivity contribution in [2.45, 2.75) is 11.3 Å². The Morgan fingerprint density at radius 1 is 1.36 bits per heavy atom. The molecule has 0 amide bonds. The maximum atomic E-state index is 11.0. The van der Waals surface area contributed by atoms with E-state index in [1.807, 2.05) is 18.4 Å². The average Bonchev–Trinajstić information content (AvgIpc) is 2.18. The molecule has 0 saturated heterocycles. The summed E-state index contributed by atoms with van der Waals surface area (Å²) in [4.78, 5) is 22.3. The zero-order valence-electron chi connectivity index (χ0n) is 7.69. The summed E-state index contributed by atoms with van der Waals surface area (Å²) in [6.45, 7) is 0. The van der Waals surface area contributed by atoms with Gasteiger partial charge in [0.05, 0.1) is 0 Å².